The van der Waals surface area contributed by atoms with Gasteiger partial charge in [-0.3, -0.25) is 4.79 Å². The minimum absolute atomic E-state index is 0.0266. The number of anilines is 1. The Morgan fingerprint density at radius 3 is 2.80 bits per heavy atom. The van der Waals surface area contributed by atoms with Gasteiger partial charge in [0.05, 0.1) is 17.6 Å². The minimum Gasteiger partial charge on any atom is -0.465 e. The van der Waals surface area contributed by atoms with Crippen LogP contribution < -0.4 is 5.01 Å². The largest absolute Gasteiger partial charge is 0.465 e. The highest BCUT2D eigenvalue weighted by Gasteiger charge is 2.15. The topological polar surface area (TPSA) is 70.6 Å². The maximum atomic E-state index is 11.6. The lowest BCUT2D eigenvalue weighted by Crippen LogP contribution is -2.28. The Balaban J connectivity index is 2.30. The van der Waals surface area contributed by atoms with Crippen molar-refractivity contribution in [1.82, 2.24) is 9.97 Å². The van der Waals surface area contributed by atoms with E-state index in [-0.39, 0.29) is 12.5 Å². The van der Waals surface area contributed by atoms with Gasteiger partial charge in [-0.05, 0) is 32.9 Å². The fourth-order valence-electron chi connectivity index (χ4n) is 1.79. The summed E-state index contributed by atoms with van der Waals surface area (Å²) in [5.41, 5.74) is 2.57. The monoisotopic (exact) mass is 274 g/mol. The molecule has 2 rings (SSSR count). The molecule has 0 bridgehead atoms. The molecule has 106 valence electrons. The molecule has 1 aromatic heterocycles. The van der Waals surface area contributed by atoms with Crippen LogP contribution in [0.2, 0.25) is 0 Å². The van der Waals surface area contributed by atoms with E-state index in [0.29, 0.717) is 12.6 Å². The van der Waals surface area contributed by atoms with Gasteiger partial charge in [-0.1, -0.05) is 12.1 Å². The number of hydrogen-bond donors (Lipinski definition) is 1. The number of hydrazone groups is 1. The number of imidazole rings is 1. The number of aromatic amines is 1. The molecule has 0 saturated carbocycles. The van der Waals surface area contributed by atoms with Gasteiger partial charge in [0, 0.05) is 5.71 Å². The molecule has 0 atom stereocenters. The van der Waals surface area contributed by atoms with Crippen LogP contribution in [-0.2, 0) is 9.53 Å². The number of carbonyl (C=O) groups is 1. The van der Waals surface area contributed by atoms with Crippen LogP contribution in [0, 0.1) is 0 Å². The summed E-state index contributed by atoms with van der Waals surface area (Å²) < 4.78 is 4.96. The van der Waals surface area contributed by atoms with Crippen molar-refractivity contribution < 1.29 is 9.53 Å². The van der Waals surface area contributed by atoms with Gasteiger partial charge in [-0.2, -0.15) is 5.10 Å². The van der Waals surface area contributed by atoms with E-state index in [2.05, 4.69) is 15.1 Å². The van der Waals surface area contributed by atoms with E-state index in [9.17, 15) is 4.79 Å². The van der Waals surface area contributed by atoms with Crippen molar-refractivity contribution in [3.63, 3.8) is 0 Å². The number of esters is 1. The quantitative estimate of drug-likeness (QED) is 0.516. The molecule has 0 aliphatic heterocycles. The molecule has 0 radical (unpaired) electrons. The Bertz CT molecular complexity index is 596. The zero-order chi connectivity index (χ0) is 14.5. The van der Waals surface area contributed by atoms with Gasteiger partial charge in [0.1, 0.15) is 6.54 Å². The maximum absolute atomic E-state index is 11.6. The SMILES string of the molecule is CCOC(=O)CN(N=C(C)C)c1nc2ccccc2[nH]1. The van der Waals surface area contributed by atoms with E-state index >= 15 is 0 Å². The van der Waals surface area contributed by atoms with Crippen LogP contribution in [0.25, 0.3) is 11.0 Å². The van der Waals surface area contributed by atoms with Crippen LogP contribution in [-0.4, -0.2) is 34.8 Å². The number of hydrogen-bond acceptors (Lipinski definition) is 5. The summed E-state index contributed by atoms with van der Waals surface area (Å²) in [6.07, 6.45) is 0. The summed E-state index contributed by atoms with van der Waals surface area (Å²) in [6, 6.07) is 7.67. The maximum Gasteiger partial charge on any atom is 0.327 e. The number of rotatable bonds is 5. The van der Waals surface area contributed by atoms with Crippen molar-refractivity contribution >= 4 is 28.7 Å². The molecule has 0 unspecified atom stereocenters. The van der Waals surface area contributed by atoms with Crippen molar-refractivity contribution in [2.45, 2.75) is 20.8 Å². The first-order valence-electron chi connectivity index (χ1n) is 6.50. The van der Waals surface area contributed by atoms with Crippen LogP contribution in [0.1, 0.15) is 20.8 Å². The van der Waals surface area contributed by atoms with Crippen molar-refractivity contribution in [2.75, 3.05) is 18.2 Å². The van der Waals surface area contributed by atoms with E-state index < -0.39 is 0 Å². The molecule has 1 N–H and O–H groups in total. The molecule has 0 aliphatic carbocycles. The predicted molar refractivity (Wildman–Crippen MR) is 78.9 cm³/mol. The van der Waals surface area contributed by atoms with Gasteiger partial charge in [-0.15, -0.1) is 0 Å². The molecule has 1 aromatic carbocycles. The predicted octanol–water partition coefficient (Wildman–Crippen LogP) is 2.33. The summed E-state index contributed by atoms with van der Waals surface area (Å²) in [5, 5.41) is 5.84. The van der Waals surface area contributed by atoms with Crippen LogP contribution in [0.5, 0.6) is 0 Å². The lowest BCUT2D eigenvalue weighted by Gasteiger charge is -2.15. The molecule has 0 amide bonds. The van der Waals surface area contributed by atoms with Gasteiger partial charge in [0.25, 0.3) is 0 Å². The number of benzene rings is 1. The Hall–Kier alpha value is -2.37. The van der Waals surface area contributed by atoms with Gasteiger partial charge in [-0.25, -0.2) is 9.99 Å². The highest BCUT2D eigenvalue weighted by atomic mass is 16.5. The van der Waals surface area contributed by atoms with E-state index in [0.717, 1.165) is 16.7 Å². The molecule has 0 fully saturated rings. The Morgan fingerprint density at radius 1 is 1.40 bits per heavy atom. The van der Waals surface area contributed by atoms with Gasteiger partial charge >= 0.3 is 5.97 Å². The van der Waals surface area contributed by atoms with Crippen LogP contribution in [0.3, 0.4) is 0 Å². The molecule has 0 aliphatic rings. The third kappa shape index (κ3) is 3.34. The van der Waals surface area contributed by atoms with Crippen molar-refractivity contribution in [3.05, 3.63) is 24.3 Å². The average molecular weight is 274 g/mol. The smallest absolute Gasteiger partial charge is 0.327 e. The van der Waals surface area contributed by atoms with Crippen LogP contribution in [0.4, 0.5) is 5.95 Å². The van der Waals surface area contributed by atoms with Crippen molar-refractivity contribution in [3.8, 4) is 0 Å². The zero-order valence-corrected chi connectivity index (χ0v) is 11.9. The van der Waals surface area contributed by atoms with E-state index in [1.807, 2.05) is 38.1 Å². The fourth-order valence-corrected chi connectivity index (χ4v) is 1.79. The van der Waals surface area contributed by atoms with Gasteiger partial charge in [0.2, 0.25) is 5.95 Å². The van der Waals surface area contributed by atoms with Crippen molar-refractivity contribution in [2.24, 2.45) is 5.10 Å². The summed E-state index contributed by atoms with van der Waals surface area (Å²) in [7, 11) is 0. The Morgan fingerprint density at radius 2 is 2.15 bits per heavy atom. The van der Waals surface area contributed by atoms with Crippen molar-refractivity contribution in [1.29, 1.82) is 0 Å². The fraction of sp³-hybridized carbons (Fsp3) is 0.357. The van der Waals surface area contributed by atoms with E-state index in [1.54, 1.807) is 6.92 Å². The second-order valence-electron chi connectivity index (χ2n) is 4.49. The molecule has 6 heteroatoms. The number of para-hydroxylation sites is 2. The van der Waals surface area contributed by atoms with Gasteiger partial charge in [0.15, 0.2) is 0 Å². The number of fused-ring (bicyclic) bond motifs is 1. The van der Waals surface area contributed by atoms with Crippen LogP contribution >= 0.6 is 0 Å². The number of carbonyl (C=O) groups excluding carboxylic acids is 1. The second kappa shape index (κ2) is 6.18. The number of aromatic nitrogens is 2. The molecule has 0 spiro atoms. The Kier molecular flexibility index (Phi) is 4.34. The summed E-state index contributed by atoms with van der Waals surface area (Å²) in [6.45, 7) is 5.87. The third-order valence-corrected chi connectivity index (χ3v) is 2.53. The molecule has 20 heavy (non-hydrogen) atoms. The van der Waals surface area contributed by atoms with Crippen LogP contribution in [0.15, 0.2) is 29.4 Å². The molecule has 6 nitrogen and oxygen atoms in total. The second-order valence-corrected chi connectivity index (χ2v) is 4.49. The number of H-pyrrole nitrogens is 1. The van der Waals surface area contributed by atoms with E-state index in [4.69, 9.17) is 4.74 Å². The van der Waals surface area contributed by atoms with E-state index in [1.165, 1.54) is 5.01 Å². The molecule has 1 heterocycles. The summed E-state index contributed by atoms with van der Waals surface area (Å²) in [4.78, 5) is 19.2. The Labute approximate surface area is 117 Å². The zero-order valence-electron chi connectivity index (χ0n) is 11.9. The standard InChI is InChI=1S/C14H18N4O2/c1-4-20-13(19)9-18(17-10(2)3)14-15-11-7-5-6-8-12(11)16-14/h5-8H,4,9H2,1-3H3,(H,15,16). The summed E-state index contributed by atoms with van der Waals surface area (Å²) in [5.74, 6) is 0.193. The first-order chi connectivity index (χ1) is 9.60. The average Bonchev–Trinajstić information content (AvgIpc) is 2.81. The number of nitrogens with one attached hydrogen (secondary N) is 1. The lowest BCUT2D eigenvalue weighted by atomic mass is 10.3. The third-order valence-electron chi connectivity index (χ3n) is 2.53. The molecular formula is C14H18N4O2. The highest BCUT2D eigenvalue weighted by Crippen LogP contribution is 2.17. The normalized spacial score (nSPS) is 10.3. The van der Waals surface area contributed by atoms with Gasteiger partial charge < -0.3 is 9.72 Å². The number of nitrogens with zero attached hydrogens (tertiary/aromatic N) is 3. The highest BCUT2D eigenvalue weighted by molar-refractivity contribution is 5.83. The lowest BCUT2D eigenvalue weighted by molar-refractivity contribution is -0.141. The first kappa shape index (κ1) is 14.0. The summed E-state index contributed by atoms with van der Waals surface area (Å²) >= 11 is 0. The minimum atomic E-state index is -0.335. The first-order valence-corrected chi connectivity index (χ1v) is 6.50. The molecular weight excluding hydrogens is 256 g/mol. The molecule has 0 saturated heterocycles. The number of ether oxygens (including phenoxy) is 1. The molecule has 2 aromatic rings.